The van der Waals surface area contributed by atoms with E-state index in [1.54, 1.807) is 0 Å². The lowest BCUT2D eigenvalue weighted by molar-refractivity contribution is 0.0857. The smallest absolute Gasteiger partial charge is 0.252 e. The molecule has 1 unspecified atom stereocenters. The number of ether oxygens (including phenoxy) is 1. The Bertz CT molecular complexity index is 537. The molecule has 0 bridgehead atoms. The Morgan fingerprint density at radius 2 is 2.40 bits per heavy atom. The molecule has 1 aliphatic rings. The van der Waals surface area contributed by atoms with E-state index in [0.717, 1.165) is 25.0 Å². The third-order valence-electron chi connectivity index (χ3n) is 3.26. The van der Waals surface area contributed by atoms with Gasteiger partial charge in [-0.25, -0.2) is 0 Å². The van der Waals surface area contributed by atoms with Gasteiger partial charge >= 0.3 is 0 Å². The first kappa shape index (κ1) is 14.6. The molecule has 1 aromatic rings. The molecule has 20 heavy (non-hydrogen) atoms. The van der Waals surface area contributed by atoms with Crippen LogP contribution in [0, 0.1) is 18.8 Å². The molecule has 1 amide bonds. The first-order chi connectivity index (χ1) is 9.70. The summed E-state index contributed by atoms with van der Waals surface area (Å²) in [7, 11) is 0. The van der Waals surface area contributed by atoms with Crippen molar-refractivity contribution in [1.29, 1.82) is 0 Å². The van der Waals surface area contributed by atoms with Gasteiger partial charge in [-0.1, -0.05) is 23.5 Å². The highest BCUT2D eigenvalue weighted by Crippen LogP contribution is 2.13. The lowest BCUT2D eigenvalue weighted by Gasteiger charge is -2.12. The monoisotopic (exact) mass is 272 g/mol. The highest BCUT2D eigenvalue weighted by Gasteiger charge is 2.17. The maximum Gasteiger partial charge on any atom is 0.252 e. The van der Waals surface area contributed by atoms with E-state index in [1.807, 2.05) is 25.1 Å². The molecular weight excluding hydrogens is 252 g/mol. The van der Waals surface area contributed by atoms with Crippen LogP contribution in [0.2, 0.25) is 0 Å². The van der Waals surface area contributed by atoms with Crippen molar-refractivity contribution in [1.82, 2.24) is 5.32 Å². The van der Waals surface area contributed by atoms with Gasteiger partial charge in [0.25, 0.3) is 5.91 Å². The minimum atomic E-state index is -0.106. The van der Waals surface area contributed by atoms with Gasteiger partial charge in [0.2, 0.25) is 0 Å². The summed E-state index contributed by atoms with van der Waals surface area (Å²) >= 11 is 0. The molecule has 1 heterocycles. The normalized spacial score (nSPS) is 17.4. The fraction of sp³-hybridized carbons (Fsp3) is 0.438. The quantitative estimate of drug-likeness (QED) is 0.813. The second-order valence-corrected chi connectivity index (χ2v) is 4.90. The number of hydrogen-bond acceptors (Lipinski definition) is 3. The van der Waals surface area contributed by atoms with Crippen molar-refractivity contribution in [3.63, 3.8) is 0 Å². The summed E-state index contributed by atoms with van der Waals surface area (Å²) in [4.78, 5) is 12.3. The number of hydrogen-bond donors (Lipinski definition) is 2. The summed E-state index contributed by atoms with van der Waals surface area (Å²) in [5, 5.41) is 2.92. The first-order valence-corrected chi connectivity index (χ1v) is 6.90. The number of carbonyl (C=O) groups is 1. The Hall–Kier alpha value is -1.83. The highest BCUT2D eigenvalue weighted by atomic mass is 16.5. The van der Waals surface area contributed by atoms with E-state index in [9.17, 15) is 4.79 Å². The molecule has 4 heteroatoms. The third-order valence-corrected chi connectivity index (χ3v) is 3.26. The second kappa shape index (κ2) is 7.09. The van der Waals surface area contributed by atoms with E-state index < -0.39 is 0 Å². The van der Waals surface area contributed by atoms with E-state index in [2.05, 4.69) is 17.2 Å². The number of rotatable bonds is 3. The molecule has 0 aromatic heterocycles. The van der Waals surface area contributed by atoms with Crippen LogP contribution in [0.1, 0.15) is 34.3 Å². The number of nitrogens with two attached hydrogens (primary N) is 1. The molecule has 2 rings (SSSR count). The summed E-state index contributed by atoms with van der Waals surface area (Å²) in [6, 6.07) is 5.65. The van der Waals surface area contributed by atoms with Crippen molar-refractivity contribution < 1.29 is 9.53 Å². The van der Waals surface area contributed by atoms with Gasteiger partial charge in [-0.3, -0.25) is 4.79 Å². The zero-order valence-corrected chi connectivity index (χ0v) is 11.7. The van der Waals surface area contributed by atoms with Gasteiger partial charge in [0.15, 0.2) is 0 Å². The molecule has 4 nitrogen and oxygen atoms in total. The molecule has 3 N–H and O–H groups in total. The summed E-state index contributed by atoms with van der Waals surface area (Å²) in [6.45, 7) is 3.58. The zero-order valence-electron chi connectivity index (χ0n) is 11.7. The van der Waals surface area contributed by atoms with Crippen molar-refractivity contribution in [3.8, 4) is 11.8 Å². The van der Waals surface area contributed by atoms with Crippen LogP contribution < -0.4 is 11.1 Å². The third kappa shape index (κ3) is 3.83. The van der Waals surface area contributed by atoms with Gasteiger partial charge in [-0.05, 0) is 31.9 Å². The molecule has 0 saturated carbocycles. The van der Waals surface area contributed by atoms with Crippen LogP contribution in [0.3, 0.4) is 0 Å². The fourth-order valence-corrected chi connectivity index (χ4v) is 2.21. The van der Waals surface area contributed by atoms with Gasteiger partial charge in [-0.2, -0.15) is 0 Å². The summed E-state index contributed by atoms with van der Waals surface area (Å²) in [6.07, 6.45) is 2.22. The largest absolute Gasteiger partial charge is 0.376 e. The maximum atomic E-state index is 12.3. The van der Waals surface area contributed by atoms with Crippen LogP contribution >= 0.6 is 0 Å². The Morgan fingerprint density at radius 3 is 3.10 bits per heavy atom. The molecule has 1 aliphatic heterocycles. The standard InChI is InChI=1S/C16H20N2O2/c1-12-6-7-13(4-2-8-17)15(10-12)16(19)18-11-14-5-3-9-20-14/h6-7,10,14H,3,5,8-9,11,17H2,1H3,(H,18,19). The van der Waals surface area contributed by atoms with Crippen LogP contribution in [-0.2, 0) is 4.74 Å². The Kier molecular flexibility index (Phi) is 5.16. The summed E-state index contributed by atoms with van der Waals surface area (Å²) in [5.74, 6) is 5.63. The van der Waals surface area contributed by atoms with Gasteiger partial charge in [0.05, 0.1) is 18.2 Å². The molecule has 0 aliphatic carbocycles. The number of aryl methyl sites for hydroxylation is 1. The van der Waals surface area contributed by atoms with Crippen molar-refractivity contribution >= 4 is 5.91 Å². The molecule has 1 aromatic carbocycles. The Balaban J connectivity index is 2.08. The number of amides is 1. The van der Waals surface area contributed by atoms with Crippen LogP contribution in [0.5, 0.6) is 0 Å². The van der Waals surface area contributed by atoms with Crippen LogP contribution in [0.15, 0.2) is 18.2 Å². The number of carbonyl (C=O) groups excluding carboxylic acids is 1. The van der Waals surface area contributed by atoms with Crippen LogP contribution in [0.25, 0.3) is 0 Å². The Labute approximate surface area is 119 Å². The topological polar surface area (TPSA) is 64.4 Å². The molecule has 0 spiro atoms. The lowest BCUT2D eigenvalue weighted by atomic mass is 10.0. The molecule has 0 radical (unpaired) electrons. The van der Waals surface area contributed by atoms with Crippen LogP contribution in [0.4, 0.5) is 0 Å². The van der Waals surface area contributed by atoms with Gasteiger partial charge in [0, 0.05) is 18.7 Å². The van der Waals surface area contributed by atoms with E-state index in [-0.39, 0.29) is 18.6 Å². The van der Waals surface area contributed by atoms with Crippen molar-refractivity contribution in [2.45, 2.75) is 25.9 Å². The first-order valence-electron chi connectivity index (χ1n) is 6.90. The van der Waals surface area contributed by atoms with E-state index in [1.165, 1.54) is 0 Å². The number of nitrogens with one attached hydrogen (secondary N) is 1. The predicted octanol–water partition coefficient (Wildman–Crippen LogP) is 1.21. The van der Waals surface area contributed by atoms with E-state index >= 15 is 0 Å². The molecule has 1 fully saturated rings. The minimum Gasteiger partial charge on any atom is -0.376 e. The fourth-order valence-electron chi connectivity index (χ4n) is 2.21. The molecule has 1 atom stereocenters. The van der Waals surface area contributed by atoms with Gasteiger partial charge < -0.3 is 15.8 Å². The van der Waals surface area contributed by atoms with Gasteiger partial charge in [0.1, 0.15) is 0 Å². The summed E-state index contributed by atoms with van der Waals surface area (Å²) in [5.41, 5.74) is 7.73. The average Bonchev–Trinajstić information content (AvgIpc) is 2.96. The molecule has 1 saturated heterocycles. The van der Waals surface area contributed by atoms with Crippen molar-refractivity contribution in [3.05, 3.63) is 34.9 Å². The van der Waals surface area contributed by atoms with E-state index in [4.69, 9.17) is 10.5 Å². The molecular formula is C16H20N2O2. The van der Waals surface area contributed by atoms with Crippen LogP contribution in [-0.4, -0.2) is 31.7 Å². The van der Waals surface area contributed by atoms with Crippen molar-refractivity contribution in [2.75, 3.05) is 19.7 Å². The SMILES string of the molecule is Cc1ccc(C#CCN)c(C(=O)NCC2CCCO2)c1. The van der Waals surface area contributed by atoms with E-state index in [0.29, 0.717) is 17.7 Å². The Morgan fingerprint density at radius 1 is 1.55 bits per heavy atom. The number of benzene rings is 1. The minimum absolute atomic E-state index is 0.106. The van der Waals surface area contributed by atoms with Gasteiger partial charge in [-0.15, -0.1) is 0 Å². The maximum absolute atomic E-state index is 12.3. The molecule has 106 valence electrons. The zero-order chi connectivity index (χ0) is 14.4. The highest BCUT2D eigenvalue weighted by molar-refractivity contribution is 5.97. The lowest BCUT2D eigenvalue weighted by Crippen LogP contribution is -2.32. The summed E-state index contributed by atoms with van der Waals surface area (Å²) < 4.78 is 5.50. The second-order valence-electron chi connectivity index (χ2n) is 4.90. The van der Waals surface area contributed by atoms with Crippen molar-refractivity contribution in [2.24, 2.45) is 5.73 Å². The average molecular weight is 272 g/mol. The predicted molar refractivity (Wildman–Crippen MR) is 78.4 cm³/mol.